The summed E-state index contributed by atoms with van der Waals surface area (Å²) >= 11 is 0. The molecule has 0 saturated carbocycles. The molecule has 0 bridgehead atoms. The number of hydrogen-bond donors (Lipinski definition) is 1. The molecule has 0 fully saturated rings. The van der Waals surface area contributed by atoms with E-state index >= 15 is 0 Å². The molecule has 1 atom stereocenters. The Balaban J connectivity index is 1.68. The van der Waals surface area contributed by atoms with Gasteiger partial charge in [0.2, 0.25) is 0 Å². The number of aryl methyl sites for hydroxylation is 1. The summed E-state index contributed by atoms with van der Waals surface area (Å²) in [6.07, 6.45) is 3.88. The van der Waals surface area contributed by atoms with E-state index in [-0.39, 0.29) is 0 Å². The van der Waals surface area contributed by atoms with Crippen LogP contribution in [0.3, 0.4) is 0 Å². The molecule has 2 aliphatic rings. The molecule has 0 amide bonds. The lowest BCUT2D eigenvalue weighted by Gasteiger charge is -2.27. The first-order valence-electron chi connectivity index (χ1n) is 8.98. The molecular weight excluding hydrogens is 296 g/mol. The molecule has 0 unspecified atom stereocenters. The molecule has 2 heterocycles. The second kappa shape index (κ2) is 5.38. The Hall–Kier alpha value is -2.26. The molecule has 3 nitrogen and oxygen atoms in total. The van der Waals surface area contributed by atoms with Crippen LogP contribution in [0.5, 0.6) is 5.75 Å². The van der Waals surface area contributed by atoms with Gasteiger partial charge in [-0.05, 0) is 53.8 Å². The van der Waals surface area contributed by atoms with Crippen LogP contribution in [0, 0.1) is 0 Å². The summed E-state index contributed by atoms with van der Waals surface area (Å²) in [5.74, 6) is 0.910. The number of hydrogen-bond acceptors (Lipinski definition) is 1. The normalized spacial score (nSPS) is 19.3. The highest BCUT2D eigenvalue weighted by molar-refractivity contribution is 5.90. The summed E-state index contributed by atoms with van der Waals surface area (Å²) in [4.78, 5) is 0. The second-order valence-corrected chi connectivity index (χ2v) is 7.00. The fourth-order valence-corrected chi connectivity index (χ4v) is 4.60. The monoisotopic (exact) mass is 319 g/mol. The number of nitrogens with two attached hydrogens (primary N) is 1. The van der Waals surface area contributed by atoms with Crippen molar-refractivity contribution >= 4 is 10.9 Å². The topological polar surface area (TPSA) is 30.8 Å². The minimum atomic E-state index is 0.680. The standard InChI is InChI=1S/C21H22N2O/c1-24-16-8-5-14(6-9-16)15-7-10-20-18(13-15)17-3-2-4-19-21(17)23(20)12-11-22-19/h5-10,13,19,22H,2-4,11-12H2,1H3/p+1/t19-/m1/s1. The number of methoxy groups -OCH3 is 1. The van der Waals surface area contributed by atoms with Gasteiger partial charge in [-0.3, -0.25) is 0 Å². The molecule has 0 saturated heterocycles. The number of fused-ring (bicyclic) bond motifs is 3. The van der Waals surface area contributed by atoms with Gasteiger partial charge in [-0.15, -0.1) is 0 Å². The van der Waals surface area contributed by atoms with Gasteiger partial charge >= 0.3 is 0 Å². The fraction of sp³-hybridized carbons (Fsp3) is 0.333. The number of nitrogens with zero attached hydrogens (tertiary/aromatic N) is 1. The number of rotatable bonds is 2. The molecule has 1 aliphatic carbocycles. The second-order valence-electron chi connectivity index (χ2n) is 7.00. The van der Waals surface area contributed by atoms with Crippen molar-refractivity contribution in [2.75, 3.05) is 13.7 Å². The summed E-state index contributed by atoms with van der Waals surface area (Å²) in [7, 11) is 1.71. The van der Waals surface area contributed by atoms with E-state index in [0.717, 1.165) is 12.3 Å². The Morgan fingerprint density at radius 2 is 1.92 bits per heavy atom. The van der Waals surface area contributed by atoms with Gasteiger partial charge in [0.05, 0.1) is 25.9 Å². The van der Waals surface area contributed by atoms with Crippen molar-refractivity contribution in [3.05, 3.63) is 53.7 Å². The van der Waals surface area contributed by atoms with Crippen LogP contribution < -0.4 is 10.1 Å². The minimum absolute atomic E-state index is 0.680. The Labute approximate surface area is 142 Å². The molecule has 24 heavy (non-hydrogen) atoms. The summed E-state index contributed by atoms with van der Waals surface area (Å²) in [6, 6.07) is 16.1. The van der Waals surface area contributed by atoms with E-state index in [0.29, 0.717) is 6.04 Å². The average Bonchev–Trinajstić information content (AvgIpc) is 2.98. The molecule has 0 radical (unpaired) electrons. The quantitative estimate of drug-likeness (QED) is 0.772. The van der Waals surface area contributed by atoms with Crippen molar-refractivity contribution in [1.29, 1.82) is 0 Å². The lowest BCUT2D eigenvalue weighted by atomic mass is 9.90. The van der Waals surface area contributed by atoms with Crippen molar-refractivity contribution in [2.24, 2.45) is 0 Å². The SMILES string of the molecule is COc1ccc(-c2ccc3c(c2)c2c4n3CC[NH2+][C@@H]4CCC2)cc1. The highest BCUT2D eigenvalue weighted by Gasteiger charge is 2.32. The van der Waals surface area contributed by atoms with Crippen LogP contribution >= 0.6 is 0 Å². The third-order valence-corrected chi connectivity index (χ3v) is 5.73. The van der Waals surface area contributed by atoms with Gasteiger partial charge in [0.1, 0.15) is 11.8 Å². The highest BCUT2D eigenvalue weighted by atomic mass is 16.5. The van der Waals surface area contributed by atoms with Gasteiger partial charge in [-0.25, -0.2) is 0 Å². The van der Waals surface area contributed by atoms with Crippen molar-refractivity contribution in [1.82, 2.24) is 4.57 Å². The lowest BCUT2D eigenvalue weighted by Crippen LogP contribution is -2.88. The van der Waals surface area contributed by atoms with Crippen LogP contribution in [0.4, 0.5) is 0 Å². The minimum Gasteiger partial charge on any atom is -0.497 e. The molecule has 122 valence electrons. The molecule has 3 heteroatoms. The summed E-state index contributed by atoms with van der Waals surface area (Å²) < 4.78 is 7.87. The van der Waals surface area contributed by atoms with E-state index in [1.807, 2.05) is 12.1 Å². The number of aromatic nitrogens is 1. The molecule has 0 spiro atoms. The maximum atomic E-state index is 5.28. The molecular formula is C21H23N2O+. The van der Waals surface area contributed by atoms with Crippen molar-refractivity contribution < 1.29 is 10.1 Å². The van der Waals surface area contributed by atoms with Crippen molar-refractivity contribution in [3.63, 3.8) is 0 Å². The Morgan fingerprint density at radius 1 is 1.08 bits per heavy atom. The van der Waals surface area contributed by atoms with Crippen LogP contribution in [0.25, 0.3) is 22.0 Å². The highest BCUT2D eigenvalue weighted by Crippen LogP contribution is 2.38. The number of ether oxygens (including phenoxy) is 1. The summed E-state index contributed by atoms with van der Waals surface area (Å²) in [5, 5.41) is 4.01. The molecule has 2 N–H and O–H groups in total. The van der Waals surface area contributed by atoms with E-state index in [4.69, 9.17) is 4.74 Å². The molecule has 2 aromatic carbocycles. The predicted molar refractivity (Wildman–Crippen MR) is 96.4 cm³/mol. The average molecular weight is 319 g/mol. The van der Waals surface area contributed by atoms with Gasteiger partial charge in [-0.2, -0.15) is 0 Å². The Bertz CT molecular complexity index is 906. The fourth-order valence-electron chi connectivity index (χ4n) is 4.60. The van der Waals surface area contributed by atoms with Gasteiger partial charge in [0, 0.05) is 17.3 Å². The van der Waals surface area contributed by atoms with Crippen molar-refractivity contribution in [2.45, 2.75) is 31.8 Å². The van der Waals surface area contributed by atoms with E-state index in [1.54, 1.807) is 18.4 Å². The first-order chi connectivity index (χ1) is 11.8. The Morgan fingerprint density at radius 3 is 2.75 bits per heavy atom. The molecule has 3 aromatic rings. The zero-order valence-corrected chi connectivity index (χ0v) is 14.1. The van der Waals surface area contributed by atoms with Gasteiger partial charge < -0.3 is 14.6 Å². The third-order valence-electron chi connectivity index (χ3n) is 5.73. The molecule has 1 aliphatic heterocycles. The summed E-state index contributed by atoms with van der Waals surface area (Å²) in [6.45, 7) is 2.35. The van der Waals surface area contributed by atoms with Gasteiger partial charge in [-0.1, -0.05) is 18.2 Å². The lowest BCUT2D eigenvalue weighted by molar-refractivity contribution is -0.704. The van der Waals surface area contributed by atoms with Crippen LogP contribution in [0.15, 0.2) is 42.5 Å². The van der Waals surface area contributed by atoms with Gasteiger partial charge in [0.25, 0.3) is 0 Å². The summed E-state index contributed by atoms with van der Waals surface area (Å²) in [5.41, 5.74) is 7.20. The molecule has 5 rings (SSSR count). The van der Waals surface area contributed by atoms with Crippen LogP contribution in [0.1, 0.15) is 30.1 Å². The zero-order chi connectivity index (χ0) is 16.1. The third kappa shape index (κ3) is 2.01. The first kappa shape index (κ1) is 14.1. The maximum Gasteiger partial charge on any atom is 0.127 e. The smallest absolute Gasteiger partial charge is 0.127 e. The molecule has 1 aromatic heterocycles. The van der Waals surface area contributed by atoms with E-state index in [9.17, 15) is 0 Å². The first-order valence-corrected chi connectivity index (χ1v) is 8.98. The van der Waals surface area contributed by atoms with E-state index in [2.05, 4.69) is 40.2 Å². The van der Waals surface area contributed by atoms with Gasteiger partial charge in [0.15, 0.2) is 0 Å². The van der Waals surface area contributed by atoms with E-state index in [1.165, 1.54) is 47.8 Å². The largest absolute Gasteiger partial charge is 0.497 e. The van der Waals surface area contributed by atoms with E-state index < -0.39 is 0 Å². The Kier molecular flexibility index (Phi) is 3.17. The number of quaternary nitrogens is 1. The van der Waals surface area contributed by atoms with Crippen LogP contribution in [-0.2, 0) is 13.0 Å². The number of benzene rings is 2. The van der Waals surface area contributed by atoms with Crippen molar-refractivity contribution in [3.8, 4) is 16.9 Å². The maximum absolute atomic E-state index is 5.28. The zero-order valence-electron chi connectivity index (χ0n) is 14.1. The predicted octanol–water partition coefficient (Wildman–Crippen LogP) is 3.27. The van der Waals surface area contributed by atoms with Crippen LogP contribution in [-0.4, -0.2) is 18.2 Å². The van der Waals surface area contributed by atoms with Crippen LogP contribution in [0.2, 0.25) is 0 Å².